The molecular formula is C8H3Cl4NO2. The van der Waals surface area contributed by atoms with Crippen LogP contribution in [0.4, 0.5) is 0 Å². The van der Waals surface area contributed by atoms with Crippen LogP contribution in [0.1, 0.15) is 0 Å². The predicted octanol–water partition coefficient (Wildman–Crippen LogP) is 2.27. The van der Waals surface area contributed by atoms with Gasteiger partial charge in [0.05, 0.1) is 32.0 Å². The number of hydrogen-bond acceptors (Lipinski definition) is 2. The van der Waals surface area contributed by atoms with Crippen molar-refractivity contribution in [3.8, 4) is 0 Å². The third kappa shape index (κ3) is 1.49. The van der Waals surface area contributed by atoms with Gasteiger partial charge in [-0.05, 0) is 0 Å². The van der Waals surface area contributed by atoms with Crippen molar-refractivity contribution in [3.63, 3.8) is 0 Å². The normalized spacial score (nSPS) is 30.9. The van der Waals surface area contributed by atoms with Crippen molar-refractivity contribution in [1.29, 1.82) is 0 Å². The zero-order chi connectivity index (χ0) is 11.3. The van der Waals surface area contributed by atoms with Gasteiger partial charge in [-0.25, -0.2) is 0 Å². The Kier molecular flexibility index (Phi) is 2.75. The first-order valence-electron chi connectivity index (χ1n) is 3.90. The van der Waals surface area contributed by atoms with Crippen LogP contribution in [0.5, 0.6) is 0 Å². The lowest BCUT2D eigenvalue weighted by atomic mass is 9.90. The van der Waals surface area contributed by atoms with Gasteiger partial charge in [0, 0.05) is 0 Å². The summed E-state index contributed by atoms with van der Waals surface area (Å²) in [4.78, 5) is 22.8. The lowest BCUT2D eigenvalue weighted by molar-refractivity contribution is -0.125. The molecule has 2 atom stereocenters. The Morgan fingerprint density at radius 3 is 1.47 bits per heavy atom. The van der Waals surface area contributed by atoms with Crippen LogP contribution in [0.2, 0.25) is 0 Å². The Morgan fingerprint density at radius 2 is 1.13 bits per heavy atom. The van der Waals surface area contributed by atoms with E-state index in [1.807, 2.05) is 0 Å². The Labute approximate surface area is 105 Å². The van der Waals surface area contributed by atoms with Crippen LogP contribution in [0.15, 0.2) is 20.1 Å². The number of halogens is 4. The summed E-state index contributed by atoms with van der Waals surface area (Å²) in [7, 11) is 0. The summed E-state index contributed by atoms with van der Waals surface area (Å²) in [5.74, 6) is -2.70. The first kappa shape index (κ1) is 11.3. The second-order valence-electron chi connectivity index (χ2n) is 3.13. The van der Waals surface area contributed by atoms with E-state index in [0.29, 0.717) is 0 Å². The summed E-state index contributed by atoms with van der Waals surface area (Å²) < 4.78 is 0. The van der Waals surface area contributed by atoms with Crippen molar-refractivity contribution in [3.05, 3.63) is 20.1 Å². The number of fused-ring (bicyclic) bond motifs is 1. The fraction of sp³-hybridized carbons (Fsp3) is 0.250. The van der Waals surface area contributed by atoms with Crippen LogP contribution in [0, 0.1) is 11.8 Å². The van der Waals surface area contributed by atoms with Crippen molar-refractivity contribution in [1.82, 2.24) is 5.32 Å². The van der Waals surface area contributed by atoms with Crippen LogP contribution in [0.25, 0.3) is 0 Å². The molecule has 1 aliphatic heterocycles. The van der Waals surface area contributed by atoms with Crippen LogP contribution in [-0.2, 0) is 9.59 Å². The van der Waals surface area contributed by atoms with E-state index in [1.54, 1.807) is 0 Å². The van der Waals surface area contributed by atoms with E-state index in [1.165, 1.54) is 0 Å². The van der Waals surface area contributed by atoms with E-state index < -0.39 is 23.7 Å². The van der Waals surface area contributed by atoms with Gasteiger partial charge in [0.15, 0.2) is 0 Å². The van der Waals surface area contributed by atoms with Gasteiger partial charge in [-0.2, -0.15) is 0 Å². The number of hydrogen-bond donors (Lipinski definition) is 1. The first-order chi connectivity index (χ1) is 6.95. The van der Waals surface area contributed by atoms with Gasteiger partial charge in [-0.3, -0.25) is 14.9 Å². The number of carbonyl (C=O) groups excluding carboxylic acids is 2. The van der Waals surface area contributed by atoms with E-state index in [2.05, 4.69) is 5.32 Å². The van der Waals surface area contributed by atoms with E-state index in [0.717, 1.165) is 0 Å². The first-order valence-corrected chi connectivity index (χ1v) is 5.41. The molecule has 2 rings (SSSR count). The zero-order valence-corrected chi connectivity index (χ0v) is 10.0. The topological polar surface area (TPSA) is 46.2 Å². The highest BCUT2D eigenvalue weighted by atomic mass is 35.5. The fourth-order valence-electron chi connectivity index (χ4n) is 1.59. The average molecular weight is 287 g/mol. The monoisotopic (exact) mass is 285 g/mol. The number of amides is 2. The Bertz CT molecular complexity index is 400. The molecule has 1 N–H and O–H groups in total. The molecule has 3 nitrogen and oxygen atoms in total. The largest absolute Gasteiger partial charge is 0.295 e. The molecular weight excluding hydrogens is 284 g/mol. The molecule has 0 saturated carbocycles. The van der Waals surface area contributed by atoms with Crippen LogP contribution >= 0.6 is 46.4 Å². The third-order valence-electron chi connectivity index (χ3n) is 2.30. The molecule has 1 aliphatic carbocycles. The second-order valence-corrected chi connectivity index (χ2v) is 4.70. The van der Waals surface area contributed by atoms with Crippen molar-refractivity contribution in [2.75, 3.05) is 0 Å². The Balaban J connectivity index is 2.61. The van der Waals surface area contributed by atoms with E-state index in [4.69, 9.17) is 46.4 Å². The van der Waals surface area contributed by atoms with Crippen molar-refractivity contribution >= 4 is 58.2 Å². The molecule has 0 aromatic carbocycles. The van der Waals surface area contributed by atoms with E-state index in [9.17, 15) is 9.59 Å². The maximum absolute atomic E-state index is 11.4. The fourth-order valence-corrected chi connectivity index (χ4v) is 2.76. The minimum atomic E-state index is -0.846. The maximum Gasteiger partial charge on any atom is 0.236 e. The molecule has 2 unspecified atom stereocenters. The standard InChI is InChI=1S/C8H3Cl4NO2/c9-3-1-2(8(15)13-7(1)14)4(10)6(12)5(3)11/h1-2H,(H,13,14,15). The van der Waals surface area contributed by atoms with Crippen molar-refractivity contribution in [2.45, 2.75) is 0 Å². The Morgan fingerprint density at radius 1 is 0.800 bits per heavy atom. The van der Waals surface area contributed by atoms with Crippen molar-refractivity contribution < 1.29 is 9.59 Å². The lowest BCUT2D eigenvalue weighted by Gasteiger charge is -2.21. The molecule has 2 amide bonds. The quantitative estimate of drug-likeness (QED) is 0.695. The maximum atomic E-state index is 11.4. The van der Waals surface area contributed by atoms with Gasteiger partial charge in [0.25, 0.3) is 0 Å². The summed E-state index contributed by atoms with van der Waals surface area (Å²) in [5.41, 5.74) is 0. The second kappa shape index (κ2) is 3.67. The number of imide groups is 1. The molecule has 0 aromatic heterocycles. The third-order valence-corrected chi connectivity index (χ3v) is 4.23. The smallest absolute Gasteiger partial charge is 0.236 e. The molecule has 1 fully saturated rings. The van der Waals surface area contributed by atoms with E-state index in [-0.39, 0.29) is 20.1 Å². The molecule has 2 aliphatic rings. The highest BCUT2D eigenvalue weighted by Gasteiger charge is 2.49. The van der Waals surface area contributed by atoms with Gasteiger partial charge in [-0.15, -0.1) is 0 Å². The summed E-state index contributed by atoms with van der Waals surface area (Å²) in [6.07, 6.45) is 0. The molecule has 0 radical (unpaired) electrons. The zero-order valence-electron chi connectivity index (χ0n) is 6.98. The molecule has 0 spiro atoms. The summed E-state index contributed by atoms with van der Waals surface area (Å²) in [5, 5.41) is 2.28. The average Bonchev–Trinajstić information content (AvgIpc) is 2.47. The molecule has 7 heteroatoms. The van der Waals surface area contributed by atoms with E-state index >= 15 is 0 Å². The lowest BCUT2D eigenvalue weighted by Crippen LogP contribution is -2.23. The van der Waals surface area contributed by atoms with Crippen LogP contribution in [-0.4, -0.2) is 11.8 Å². The minimum Gasteiger partial charge on any atom is -0.295 e. The summed E-state index contributed by atoms with van der Waals surface area (Å²) in [6.45, 7) is 0. The van der Waals surface area contributed by atoms with Crippen LogP contribution in [0.3, 0.4) is 0 Å². The molecule has 1 saturated heterocycles. The highest BCUT2D eigenvalue weighted by Crippen LogP contribution is 2.47. The molecule has 15 heavy (non-hydrogen) atoms. The van der Waals surface area contributed by atoms with Gasteiger partial charge >= 0.3 is 0 Å². The molecule has 1 heterocycles. The minimum absolute atomic E-state index is 0.0226. The SMILES string of the molecule is O=C1NC(=O)C2C(Cl)=C(Cl)C(Cl)=C(Cl)C12. The number of nitrogens with one attached hydrogen (secondary N) is 1. The Hall–Kier alpha value is -0.220. The summed E-state index contributed by atoms with van der Waals surface area (Å²) in [6, 6.07) is 0. The van der Waals surface area contributed by atoms with Gasteiger partial charge in [0.2, 0.25) is 11.8 Å². The van der Waals surface area contributed by atoms with Crippen molar-refractivity contribution in [2.24, 2.45) is 11.8 Å². The molecule has 0 bridgehead atoms. The predicted molar refractivity (Wildman–Crippen MR) is 57.6 cm³/mol. The van der Waals surface area contributed by atoms with Gasteiger partial charge in [0.1, 0.15) is 0 Å². The summed E-state index contributed by atoms with van der Waals surface area (Å²) >= 11 is 23.2. The molecule has 80 valence electrons. The van der Waals surface area contributed by atoms with Gasteiger partial charge in [-0.1, -0.05) is 46.4 Å². The number of allylic oxidation sites excluding steroid dienone is 2. The van der Waals surface area contributed by atoms with Gasteiger partial charge < -0.3 is 0 Å². The highest BCUT2D eigenvalue weighted by molar-refractivity contribution is 6.52. The number of rotatable bonds is 0. The molecule has 0 aromatic rings. The van der Waals surface area contributed by atoms with Crippen LogP contribution < -0.4 is 5.32 Å². The number of carbonyl (C=O) groups is 2.